The molecule has 259 valence electrons. The Bertz CT molecular complexity index is 1480. The molecule has 2 aliphatic heterocycles. The van der Waals surface area contributed by atoms with Crippen molar-refractivity contribution in [3.8, 4) is 11.5 Å². The van der Waals surface area contributed by atoms with Crippen LogP contribution in [0, 0.1) is 11.6 Å². The van der Waals surface area contributed by atoms with Crippen molar-refractivity contribution in [2.24, 2.45) is 0 Å². The fraction of sp³-hybridized carbons (Fsp3) is 0.368. The summed E-state index contributed by atoms with van der Waals surface area (Å²) in [4.78, 5) is 4.40. The van der Waals surface area contributed by atoms with Gasteiger partial charge < -0.3 is 14.8 Å². The second kappa shape index (κ2) is 22.8. The van der Waals surface area contributed by atoms with Gasteiger partial charge in [-0.25, -0.2) is 8.78 Å². The molecule has 48 heavy (non-hydrogen) atoms. The molecule has 0 saturated carbocycles. The van der Waals surface area contributed by atoms with Gasteiger partial charge in [-0.2, -0.15) is 0 Å². The van der Waals surface area contributed by atoms with E-state index < -0.39 is 0 Å². The quantitative estimate of drug-likeness (QED) is 0.141. The molecule has 0 radical (unpaired) electrons. The number of hydrogen-bond acceptors (Lipinski definition) is 4. The number of likely N-dealkylation sites (tertiary alicyclic amines) is 1. The summed E-state index contributed by atoms with van der Waals surface area (Å²) in [5, 5.41) is 3.56. The van der Waals surface area contributed by atoms with E-state index in [2.05, 4.69) is 118 Å². The molecule has 1 N–H and O–H groups in total. The van der Waals surface area contributed by atoms with Crippen LogP contribution in [0.3, 0.4) is 0 Å². The van der Waals surface area contributed by atoms with Gasteiger partial charge in [0.15, 0.2) is 0 Å². The van der Waals surface area contributed by atoms with Crippen LogP contribution < -0.4 is 14.8 Å². The van der Waals surface area contributed by atoms with E-state index >= 15 is 0 Å². The Labute approximate surface area is 328 Å². The SMILES string of the molecule is CI.C[C@@H]1CC[C@H](c2ccc(OCc3ccccc3F)cc2)N1.C[C@@H]1CC[C@H](c2ccc(OCc3ccccc3F)cc2)N1C.[I][V][I]. The molecule has 10 heteroatoms. The van der Waals surface area contributed by atoms with Crippen LogP contribution in [0.2, 0.25) is 0 Å². The topological polar surface area (TPSA) is 33.7 Å². The number of halogens is 5. The Kier molecular flexibility index (Phi) is 19.7. The van der Waals surface area contributed by atoms with Gasteiger partial charge in [0.25, 0.3) is 0 Å². The van der Waals surface area contributed by atoms with Crippen molar-refractivity contribution in [2.45, 2.75) is 76.9 Å². The predicted octanol–water partition coefficient (Wildman–Crippen LogP) is 11.6. The summed E-state index contributed by atoms with van der Waals surface area (Å²) in [6, 6.07) is 31.9. The molecule has 4 atom stereocenters. The van der Waals surface area contributed by atoms with Gasteiger partial charge in [-0.05, 0) is 99.0 Å². The Morgan fingerprint density at radius 1 is 0.688 bits per heavy atom. The van der Waals surface area contributed by atoms with Gasteiger partial charge in [0.05, 0.1) is 0 Å². The molecule has 0 amide bonds. The van der Waals surface area contributed by atoms with E-state index in [0.717, 1.165) is 11.5 Å². The first-order chi connectivity index (χ1) is 23.3. The van der Waals surface area contributed by atoms with Crippen molar-refractivity contribution in [3.05, 3.63) is 131 Å². The average Bonchev–Trinajstić information content (AvgIpc) is 3.70. The van der Waals surface area contributed by atoms with Gasteiger partial charge in [0, 0.05) is 35.3 Å². The number of rotatable bonds is 8. The molecule has 4 aromatic carbocycles. The number of alkyl halides is 1. The second-order valence-corrected chi connectivity index (χ2v) is 23.6. The fourth-order valence-electron chi connectivity index (χ4n) is 5.84. The van der Waals surface area contributed by atoms with Gasteiger partial charge in [-0.1, -0.05) is 83.3 Å². The minimum atomic E-state index is -0.224. The van der Waals surface area contributed by atoms with Crippen LogP contribution in [0.4, 0.5) is 8.78 Å². The van der Waals surface area contributed by atoms with E-state index in [1.165, 1.54) is 48.9 Å². The maximum absolute atomic E-state index is 13.6. The Hall–Kier alpha value is -0.966. The van der Waals surface area contributed by atoms with Crippen LogP contribution in [-0.2, 0) is 22.7 Å². The van der Waals surface area contributed by atoms with Gasteiger partial charge in [-0.3, -0.25) is 4.90 Å². The van der Waals surface area contributed by atoms with Crippen LogP contribution in [0.25, 0.3) is 0 Å². The minimum absolute atomic E-state index is 0.222. The molecule has 2 aliphatic rings. The zero-order chi connectivity index (χ0) is 34.9. The van der Waals surface area contributed by atoms with Crippen molar-refractivity contribution in [1.29, 1.82) is 0 Å². The molecular formula is C38H45F2I3N2O2V. The van der Waals surface area contributed by atoms with Gasteiger partial charge in [-0.15, -0.1) is 0 Å². The van der Waals surface area contributed by atoms with Crippen LogP contribution in [-0.4, -0.2) is 29.0 Å². The molecule has 2 fully saturated rings. The van der Waals surface area contributed by atoms with Crippen LogP contribution in [0.15, 0.2) is 97.1 Å². The third-order valence-electron chi connectivity index (χ3n) is 8.67. The molecule has 0 aromatic heterocycles. The van der Waals surface area contributed by atoms with E-state index in [4.69, 9.17) is 9.47 Å². The van der Waals surface area contributed by atoms with E-state index in [1.807, 2.05) is 41.3 Å². The van der Waals surface area contributed by atoms with Crippen LogP contribution in [0.5, 0.6) is 11.5 Å². The van der Waals surface area contributed by atoms with Crippen molar-refractivity contribution in [3.63, 3.8) is 0 Å². The molecule has 4 aromatic rings. The molecule has 0 spiro atoms. The fourth-order valence-corrected chi connectivity index (χ4v) is 5.84. The summed E-state index contributed by atoms with van der Waals surface area (Å²) in [5.41, 5.74) is 3.77. The number of nitrogens with zero attached hydrogens (tertiary/aromatic N) is 1. The molecule has 0 aliphatic carbocycles. The van der Waals surface area contributed by atoms with Crippen molar-refractivity contribution >= 4 is 62.5 Å². The summed E-state index contributed by atoms with van der Waals surface area (Å²) >= 11 is 6.89. The van der Waals surface area contributed by atoms with Crippen molar-refractivity contribution < 1.29 is 27.7 Å². The van der Waals surface area contributed by atoms with Gasteiger partial charge >= 0.3 is 49.4 Å². The Morgan fingerprint density at radius 2 is 1.15 bits per heavy atom. The first-order valence-corrected chi connectivity index (χ1v) is 27.2. The second-order valence-electron chi connectivity index (χ2n) is 11.8. The first kappa shape index (κ1) is 41.5. The van der Waals surface area contributed by atoms with Crippen molar-refractivity contribution in [2.75, 3.05) is 12.0 Å². The molecule has 4 nitrogen and oxygen atoms in total. The Morgan fingerprint density at radius 3 is 1.54 bits per heavy atom. The molecule has 2 heterocycles. The summed E-state index contributed by atoms with van der Waals surface area (Å²) in [5.74, 6) is 1.10. The van der Waals surface area contributed by atoms with Gasteiger partial charge in [0.1, 0.15) is 36.3 Å². The summed E-state index contributed by atoms with van der Waals surface area (Å²) in [7, 11) is 2.81. The predicted molar refractivity (Wildman–Crippen MR) is 216 cm³/mol. The average molecular weight is 1030 g/mol. The van der Waals surface area contributed by atoms with E-state index in [-0.39, 0.29) is 24.8 Å². The molecule has 2 saturated heterocycles. The summed E-state index contributed by atoms with van der Waals surface area (Å²) in [6.45, 7) is 4.99. The van der Waals surface area contributed by atoms with E-state index in [1.54, 1.807) is 24.3 Å². The molecule has 0 unspecified atom stereocenters. The summed E-state index contributed by atoms with van der Waals surface area (Å²) < 4.78 is 38.4. The molecular weight excluding hydrogens is 986 g/mol. The first-order valence-electron chi connectivity index (χ1n) is 16.0. The zero-order valence-corrected chi connectivity index (χ0v) is 35.8. The molecule has 0 bridgehead atoms. The molecule has 6 rings (SSSR count). The monoisotopic (exact) mass is 1030 g/mol. The third-order valence-corrected chi connectivity index (χ3v) is 8.67. The number of ether oxygens (including phenoxy) is 2. The van der Waals surface area contributed by atoms with Crippen molar-refractivity contribution in [1.82, 2.24) is 10.2 Å². The Balaban J connectivity index is 0.000000230. The number of nitrogens with one attached hydrogen (secondary N) is 1. The maximum atomic E-state index is 13.6. The van der Waals surface area contributed by atoms with Gasteiger partial charge in [0.2, 0.25) is 0 Å². The number of benzene rings is 4. The van der Waals surface area contributed by atoms with E-state index in [9.17, 15) is 8.78 Å². The normalized spacial score (nSPS) is 19.9. The van der Waals surface area contributed by atoms with E-state index in [0.29, 0.717) is 44.8 Å². The standard InChI is InChI=1S/C19H22FNO.C18H20FNO.CH3I.2HI.V/c1-14-7-12-19(21(14)2)15-8-10-17(11-9-15)22-13-16-5-3-4-6-18(16)20;1-13-6-11-18(20-13)14-7-9-16(10-8-14)21-12-15-4-2-3-5-17(15)19;1-2;;;/h3-6,8-11,14,19H,7,12-13H2,1-2H3;2-5,7-10,13,18,20H,6,11-12H2,1H3;1H3;2*1H;/q;;;;;+2/p-2/t14-,19-;13-,18-;;;;/m11..../s1. The number of hydrogen-bond donors (Lipinski definition) is 1. The summed E-state index contributed by atoms with van der Waals surface area (Å²) in [6.07, 6.45) is 4.84. The van der Waals surface area contributed by atoms with Crippen LogP contribution in [0.1, 0.15) is 73.9 Å². The van der Waals surface area contributed by atoms with Crippen LogP contribution >= 0.6 is 62.5 Å². The zero-order valence-electron chi connectivity index (χ0n) is 27.9. The third kappa shape index (κ3) is 13.3.